The van der Waals surface area contributed by atoms with Crippen LogP contribution >= 0.6 is 11.6 Å². The van der Waals surface area contributed by atoms with Gasteiger partial charge in [0.15, 0.2) is 0 Å². The zero-order chi connectivity index (χ0) is 15.8. The summed E-state index contributed by atoms with van der Waals surface area (Å²) >= 11 is 5.95. The first-order valence-corrected chi connectivity index (χ1v) is 7.67. The van der Waals surface area contributed by atoms with E-state index in [9.17, 15) is 9.59 Å². The molecular formula is C15H23ClN2O3. The number of nitrogens with zero attached hydrogens (tertiary/aromatic N) is 1. The number of carbonyl (C=O) groups excluding carboxylic acids is 1. The Hall–Kier alpha value is -1.49. The number of hydrogen-bond donors (Lipinski definition) is 2. The predicted octanol–water partition coefficient (Wildman–Crippen LogP) is 3.49. The number of rotatable bonds is 9. The molecule has 0 aliphatic carbocycles. The van der Waals surface area contributed by atoms with Gasteiger partial charge in [-0.25, -0.2) is 0 Å². The molecule has 0 saturated carbocycles. The van der Waals surface area contributed by atoms with Crippen LogP contribution in [0.1, 0.15) is 62.5 Å². The molecule has 0 atom stereocenters. The van der Waals surface area contributed by atoms with Gasteiger partial charge in [-0.15, -0.1) is 0 Å². The van der Waals surface area contributed by atoms with Crippen molar-refractivity contribution in [1.82, 2.24) is 9.88 Å². The monoisotopic (exact) mass is 314 g/mol. The van der Waals surface area contributed by atoms with Crippen LogP contribution in [0.3, 0.4) is 0 Å². The fraction of sp³-hybridized carbons (Fsp3) is 0.600. The second-order valence-corrected chi connectivity index (χ2v) is 5.79. The molecule has 0 bridgehead atoms. The minimum Gasteiger partial charge on any atom is -0.481 e. The van der Waals surface area contributed by atoms with Gasteiger partial charge in [-0.1, -0.05) is 24.4 Å². The van der Waals surface area contributed by atoms with Gasteiger partial charge in [0.2, 0.25) is 0 Å². The molecule has 1 amide bonds. The van der Waals surface area contributed by atoms with Crippen molar-refractivity contribution in [3.05, 3.63) is 23.0 Å². The summed E-state index contributed by atoms with van der Waals surface area (Å²) in [5, 5.41) is 11.9. The zero-order valence-corrected chi connectivity index (χ0v) is 13.3. The summed E-state index contributed by atoms with van der Waals surface area (Å²) in [6, 6.07) is 1.85. The van der Waals surface area contributed by atoms with Crippen molar-refractivity contribution in [3.8, 4) is 0 Å². The fourth-order valence-electron chi connectivity index (χ4n) is 2.10. The maximum Gasteiger partial charge on any atom is 0.303 e. The molecule has 0 radical (unpaired) electrons. The molecule has 0 aliphatic rings. The zero-order valence-electron chi connectivity index (χ0n) is 12.6. The van der Waals surface area contributed by atoms with Gasteiger partial charge >= 0.3 is 5.97 Å². The number of carbonyl (C=O) groups is 2. The molecule has 2 N–H and O–H groups in total. The van der Waals surface area contributed by atoms with Crippen molar-refractivity contribution in [1.29, 1.82) is 0 Å². The van der Waals surface area contributed by atoms with E-state index in [1.165, 1.54) is 0 Å². The Morgan fingerprint density at radius 3 is 2.57 bits per heavy atom. The van der Waals surface area contributed by atoms with Gasteiger partial charge < -0.3 is 15.0 Å². The lowest BCUT2D eigenvalue weighted by Crippen LogP contribution is -2.27. The first-order chi connectivity index (χ1) is 9.91. The fourth-order valence-corrected chi connectivity index (χ4v) is 2.31. The first kappa shape index (κ1) is 17.6. The van der Waals surface area contributed by atoms with Crippen molar-refractivity contribution in [2.45, 2.75) is 52.0 Å². The lowest BCUT2D eigenvalue weighted by molar-refractivity contribution is -0.137. The Morgan fingerprint density at radius 2 is 1.95 bits per heavy atom. The predicted molar refractivity (Wildman–Crippen MR) is 82.9 cm³/mol. The Balaban J connectivity index is 2.30. The second kappa shape index (κ2) is 8.72. The van der Waals surface area contributed by atoms with Gasteiger partial charge in [-0.05, 0) is 32.8 Å². The van der Waals surface area contributed by atoms with Gasteiger partial charge in [0.25, 0.3) is 5.91 Å². The number of amides is 1. The number of halogens is 1. The van der Waals surface area contributed by atoms with E-state index in [2.05, 4.69) is 5.32 Å². The van der Waals surface area contributed by atoms with E-state index in [-0.39, 0.29) is 18.4 Å². The number of carboxylic acids is 1. The molecule has 1 aromatic rings. The molecule has 0 spiro atoms. The van der Waals surface area contributed by atoms with Crippen LogP contribution in [-0.4, -0.2) is 28.1 Å². The summed E-state index contributed by atoms with van der Waals surface area (Å²) in [5.41, 5.74) is 0.570. The van der Waals surface area contributed by atoms with Crippen LogP contribution in [0.4, 0.5) is 0 Å². The van der Waals surface area contributed by atoms with Gasteiger partial charge in [0.1, 0.15) is 5.69 Å². The SMILES string of the molecule is CC(C)n1cc(Cl)cc1C(=O)NCCCCCCC(=O)O. The molecule has 0 fully saturated rings. The highest BCUT2D eigenvalue weighted by Crippen LogP contribution is 2.18. The average molecular weight is 315 g/mol. The highest BCUT2D eigenvalue weighted by atomic mass is 35.5. The highest BCUT2D eigenvalue weighted by Gasteiger charge is 2.14. The lowest BCUT2D eigenvalue weighted by Gasteiger charge is -2.12. The van der Waals surface area contributed by atoms with Crippen LogP contribution in [0.25, 0.3) is 0 Å². The largest absolute Gasteiger partial charge is 0.481 e. The average Bonchev–Trinajstić information content (AvgIpc) is 2.79. The molecule has 0 saturated heterocycles. The third kappa shape index (κ3) is 6.21. The topological polar surface area (TPSA) is 71.3 Å². The third-order valence-electron chi connectivity index (χ3n) is 3.21. The number of unbranched alkanes of at least 4 members (excludes halogenated alkanes) is 3. The normalized spacial score (nSPS) is 10.9. The third-order valence-corrected chi connectivity index (χ3v) is 3.41. The summed E-state index contributed by atoms with van der Waals surface area (Å²) in [6.45, 7) is 4.58. The lowest BCUT2D eigenvalue weighted by atomic mass is 10.1. The minimum atomic E-state index is -0.755. The molecule has 6 heteroatoms. The van der Waals surface area contributed by atoms with Crippen LogP contribution in [-0.2, 0) is 4.79 Å². The summed E-state index contributed by atoms with van der Waals surface area (Å²) < 4.78 is 1.85. The molecule has 1 heterocycles. The molecule has 0 unspecified atom stereocenters. The van der Waals surface area contributed by atoms with E-state index in [4.69, 9.17) is 16.7 Å². The van der Waals surface area contributed by atoms with E-state index in [1.807, 2.05) is 18.4 Å². The Kier molecular flexibility index (Phi) is 7.29. The Morgan fingerprint density at radius 1 is 1.29 bits per heavy atom. The molecule has 1 aromatic heterocycles. The van der Waals surface area contributed by atoms with Crippen molar-refractivity contribution in [2.75, 3.05) is 6.54 Å². The summed E-state index contributed by atoms with van der Waals surface area (Å²) in [5.74, 6) is -0.879. The maximum absolute atomic E-state index is 12.1. The number of aliphatic carboxylic acids is 1. The molecule has 0 aromatic carbocycles. The molecule has 5 nitrogen and oxygen atoms in total. The second-order valence-electron chi connectivity index (χ2n) is 5.36. The quantitative estimate of drug-likeness (QED) is 0.685. The number of hydrogen-bond acceptors (Lipinski definition) is 2. The van der Waals surface area contributed by atoms with Gasteiger partial charge in [0.05, 0.1) is 5.02 Å². The maximum atomic E-state index is 12.1. The number of aromatic nitrogens is 1. The van der Waals surface area contributed by atoms with Crippen molar-refractivity contribution in [3.63, 3.8) is 0 Å². The van der Waals surface area contributed by atoms with Crippen LogP contribution in [0.15, 0.2) is 12.3 Å². The van der Waals surface area contributed by atoms with Crippen molar-refractivity contribution < 1.29 is 14.7 Å². The van der Waals surface area contributed by atoms with Gasteiger partial charge in [0, 0.05) is 25.2 Å². The van der Waals surface area contributed by atoms with Crippen LogP contribution in [0.5, 0.6) is 0 Å². The van der Waals surface area contributed by atoms with E-state index in [0.717, 1.165) is 19.3 Å². The highest BCUT2D eigenvalue weighted by molar-refractivity contribution is 6.31. The Bertz CT molecular complexity index is 483. The number of nitrogens with one attached hydrogen (secondary N) is 1. The van der Waals surface area contributed by atoms with Crippen LogP contribution in [0.2, 0.25) is 5.02 Å². The number of carboxylic acid groups (broad SMARTS) is 1. The smallest absolute Gasteiger partial charge is 0.303 e. The summed E-state index contributed by atoms with van der Waals surface area (Å²) in [4.78, 5) is 22.4. The molecule has 0 aliphatic heterocycles. The summed E-state index contributed by atoms with van der Waals surface area (Å²) in [6.07, 6.45) is 5.30. The van der Waals surface area contributed by atoms with Gasteiger partial charge in [-0.3, -0.25) is 9.59 Å². The molecule has 1 rings (SSSR count). The molecular weight excluding hydrogens is 292 g/mol. The van der Waals surface area contributed by atoms with E-state index < -0.39 is 5.97 Å². The van der Waals surface area contributed by atoms with Crippen LogP contribution in [0, 0.1) is 0 Å². The summed E-state index contributed by atoms with van der Waals surface area (Å²) in [7, 11) is 0. The Labute approximate surface area is 130 Å². The van der Waals surface area contributed by atoms with Crippen LogP contribution < -0.4 is 5.32 Å². The van der Waals surface area contributed by atoms with Crippen molar-refractivity contribution >= 4 is 23.5 Å². The first-order valence-electron chi connectivity index (χ1n) is 7.29. The van der Waals surface area contributed by atoms with E-state index in [0.29, 0.717) is 23.7 Å². The molecule has 21 heavy (non-hydrogen) atoms. The van der Waals surface area contributed by atoms with E-state index in [1.54, 1.807) is 12.3 Å². The standard InChI is InChI=1S/C15H23ClN2O3/c1-11(2)18-10-12(16)9-13(18)15(21)17-8-6-4-3-5-7-14(19)20/h9-11H,3-8H2,1-2H3,(H,17,21)(H,19,20). The van der Waals surface area contributed by atoms with Crippen molar-refractivity contribution in [2.24, 2.45) is 0 Å². The molecule has 118 valence electrons. The van der Waals surface area contributed by atoms with Gasteiger partial charge in [-0.2, -0.15) is 0 Å². The minimum absolute atomic E-state index is 0.124. The van der Waals surface area contributed by atoms with E-state index >= 15 is 0 Å².